The Balaban J connectivity index is 1.71. The van der Waals surface area contributed by atoms with Gasteiger partial charge < -0.3 is 15.0 Å². The molecule has 134 valence electrons. The number of amides is 1. The van der Waals surface area contributed by atoms with Gasteiger partial charge in [-0.05, 0) is 62.4 Å². The minimum absolute atomic E-state index is 0.0193. The van der Waals surface area contributed by atoms with Gasteiger partial charge in [-0.1, -0.05) is 12.1 Å². The van der Waals surface area contributed by atoms with Crippen LogP contribution in [0.3, 0.4) is 0 Å². The number of carbonyl (C=O) groups excluding carboxylic acids is 1. The molecule has 0 radical (unpaired) electrons. The number of unbranched alkanes of at least 4 members (excludes halogenated alkanes) is 1. The van der Waals surface area contributed by atoms with Crippen molar-refractivity contribution < 1.29 is 9.53 Å². The lowest BCUT2D eigenvalue weighted by molar-refractivity contribution is -0.121. The summed E-state index contributed by atoms with van der Waals surface area (Å²) >= 11 is 0. The Morgan fingerprint density at radius 3 is 2.52 bits per heavy atom. The standard InChI is InChI=1S/C20H26N2O3/c1-14-12-15(2)22-20(24)18(14)13-21-19(23)7-5-4-6-16-8-10-17(25-3)11-9-16/h8-12H,4-7,13H2,1-3H3,(H,21,23)(H,22,24). The molecule has 0 unspecified atom stereocenters. The van der Waals surface area contributed by atoms with Gasteiger partial charge in [-0.15, -0.1) is 0 Å². The Labute approximate surface area is 148 Å². The van der Waals surface area contributed by atoms with Crippen LogP contribution in [0.4, 0.5) is 0 Å². The second-order valence-corrected chi connectivity index (χ2v) is 6.27. The predicted molar refractivity (Wildman–Crippen MR) is 98.9 cm³/mol. The van der Waals surface area contributed by atoms with E-state index >= 15 is 0 Å². The van der Waals surface area contributed by atoms with Crippen LogP contribution in [0.2, 0.25) is 0 Å². The number of ether oxygens (including phenoxy) is 1. The molecule has 0 aliphatic heterocycles. The molecule has 25 heavy (non-hydrogen) atoms. The molecule has 1 amide bonds. The van der Waals surface area contributed by atoms with E-state index in [1.807, 2.05) is 44.2 Å². The first-order valence-corrected chi connectivity index (χ1v) is 8.58. The highest BCUT2D eigenvalue weighted by atomic mass is 16.5. The van der Waals surface area contributed by atoms with Crippen molar-refractivity contribution in [1.82, 2.24) is 10.3 Å². The van der Waals surface area contributed by atoms with Gasteiger partial charge in [-0.25, -0.2) is 0 Å². The molecule has 0 saturated carbocycles. The fourth-order valence-corrected chi connectivity index (χ4v) is 2.78. The first kappa shape index (κ1) is 18.8. The largest absolute Gasteiger partial charge is 0.497 e. The van der Waals surface area contributed by atoms with E-state index in [0.29, 0.717) is 12.0 Å². The number of H-pyrrole nitrogens is 1. The second-order valence-electron chi connectivity index (χ2n) is 6.27. The highest BCUT2D eigenvalue weighted by Crippen LogP contribution is 2.13. The molecule has 0 aliphatic rings. The van der Waals surface area contributed by atoms with Gasteiger partial charge in [0.15, 0.2) is 0 Å². The smallest absolute Gasteiger partial charge is 0.253 e. The Morgan fingerprint density at radius 2 is 1.88 bits per heavy atom. The number of hydrogen-bond donors (Lipinski definition) is 2. The van der Waals surface area contributed by atoms with Gasteiger partial charge in [-0.3, -0.25) is 9.59 Å². The zero-order valence-electron chi connectivity index (χ0n) is 15.1. The van der Waals surface area contributed by atoms with Crippen molar-refractivity contribution in [2.75, 3.05) is 7.11 Å². The molecule has 2 rings (SSSR count). The molecule has 2 aromatic rings. The molecule has 5 heteroatoms. The fraction of sp³-hybridized carbons (Fsp3) is 0.400. The van der Waals surface area contributed by atoms with Crippen LogP contribution in [0.15, 0.2) is 35.1 Å². The minimum Gasteiger partial charge on any atom is -0.497 e. The number of aromatic nitrogens is 1. The summed E-state index contributed by atoms with van der Waals surface area (Å²) in [6, 6.07) is 9.90. The lowest BCUT2D eigenvalue weighted by atomic mass is 10.1. The maximum atomic E-state index is 12.0. The Kier molecular flexibility index (Phi) is 6.81. The molecular formula is C20H26N2O3. The van der Waals surface area contributed by atoms with Crippen molar-refractivity contribution in [3.63, 3.8) is 0 Å². The van der Waals surface area contributed by atoms with Crippen molar-refractivity contribution in [3.05, 3.63) is 63.1 Å². The highest BCUT2D eigenvalue weighted by Gasteiger charge is 2.07. The van der Waals surface area contributed by atoms with Crippen LogP contribution >= 0.6 is 0 Å². The van der Waals surface area contributed by atoms with Gasteiger partial charge in [0.05, 0.1) is 7.11 Å². The van der Waals surface area contributed by atoms with Gasteiger partial charge in [0.25, 0.3) is 5.56 Å². The van der Waals surface area contributed by atoms with E-state index in [1.54, 1.807) is 7.11 Å². The number of aromatic amines is 1. The van der Waals surface area contributed by atoms with Crippen molar-refractivity contribution >= 4 is 5.91 Å². The molecule has 1 heterocycles. The second kappa shape index (κ2) is 9.06. The third-order valence-corrected chi connectivity index (χ3v) is 4.23. The van der Waals surface area contributed by atoms with E-state index in [0.717, 1.165) is 36.3 Å². The Hall–Kier alpha value is -2.56. The average molecular weight is 342 g/mol. The number of nitrogens with one attached hydrogen (secondary N) is 2. The lowest BCUT2D eigenvalue weighted by Crippen LogP contribution is -2.27. The van der Waals surface area contributed by atoms with Crippen LogP contribution in [0.5, 0.6) is 5.75 Å². The van der Waals surface area contributed by atoms with Gasteiger partial charge in [0.1, 0.15) is 5.75 Å². The van der Waals surface area contributed by atoms with E-state index in [-0.39, 0.29) is 18.0 Å². The molecular weight excluding hydrogens is 316 g/mol. The number of hydrogen-bond acceptors (Lipinski definition) is 3. The van der Waals surface area contributed by atoms with E-state index in [9.17, 15) is 9.59 Å². The van der Waals surface area contributed by atoms with Crippen molar-refractivity contribution in [2.24, 2.45) is 0 Å². The quantitative estimate of drug-likeness (QED) is 0.724. The predicted octanol–water partition coefficient (Wildman–Crippen LogP) is 3.03. The summed E-state index contributed by atoms with van der Waals surface area (Å²) in [4.78, 5) is 26.6. The molecule has 0 fully saturated rings. The molecule has 0 aliphatic carbocycles. The molecule has 0 bridgehead atoms. The van der Waals surface area contributed by atoms with Crippen LogP contribution in [-0.2, 0) is 17.8 Å². The number of pyridine rings is 1. The number of benzene rings is 1. The fourth-order valence-electron chi connectivity index (χ4n) is 2.78. The van der Waals surface area contributed by atoms with E-state index in [1.165, 1.54) is 5.56 Å². The zero-order chi connectivity index (χ0) is 18.2. The first-order chi connectivity index (χ1) is 12.0. The molecule has 5 nitrogen and oxygen atoms in total. The number of methoxy groups -OCH3 is 1. The molecule has 1 aromatic heterocycles. The van der Waals surface area contributed by atoms with Gasteiger partial charge in [0.2, 0.25) is 5.91 Å². The normalized spacial score (nSPS) is 10.5. The first-order valence-electron chi connectivity index (χ1n) is 8.58. The van der Waals surface area contributed by atoms with Crippen molar-refractivity contribution in [2.45, 2.75) is 46.1 Å². The third-order valence-electron chi connectivity index (χ3n) is 4.23. The van der Waals surface area contributed by atoms with E-state index in [2.05, 4.69) is 10.3 Å². The van der Waals surface area contributed by atoms with Crippen LogP contribution < -0.4 is 15.6 Å². The van der Waals surface area contributed by atoms with E-state index in [4.69, 9.17) is 4.74 Å². The highest BCUT2D eigenvalue weighted by molar-refractivity contribution is 5.75. The van der Waals surface area contributed by atoms with Gasteiger partial charge in [-0.2, -0.15) is 0 Å². The number of rotatable bonds is 8. The van der Waals surface area contributed by atoms with Crippen LogP contribution in [0.25, 0.3) is 0 Å². The summed E-state index contributed by atoms with van der Waals surface area (Å²) in [6.45, 7) is 4.01. The zero-order valence-corrected chi connectivity index (χ0v) is 15.1. The average Bonchev–Trinajstić information content (AvgIpc) is 2.58. The van der Waals surface area contributed by atoms with Crippen LogP contribution in [-0.4, -0.2) is 18.0 Å². The van der Waals surface area contributed by atoms with Crippen LogP contribution in [0, 0.1) is 13.8 Å². The summed E-state index contributed by atoms with van der Waals surface area (Å²) in [7, 11) is 1.65. The summed E-state index contributed by atoms with van der Waals surface area (Å²) in [5.41, 5.74) is 3.47. The molecule has 0 atom stereocenters. The van der Waals surface area contributed by atoms with Crippen molar-refractivity contribution in [3.8, 4) is 5.75 Å². The number of carbonyl (C=O) groups is 1. The summed E-state index contributed by atoms with van der Waals surface area (Å²) < 4.78 is 5.14. The minimum atomic E-state index is -0.127. The monoisotopic (exact) mass is 342 g/mol. The van der Waals surface area contributed by atoms with Gasteiger partial charge >= 0.3 is 0 Å². The molecule has 0 spiro atoms. The summed E-state index contributed by atoms with van der Waals surface area (Å²) in [6.07, 6.45) is 3.18. The maximum Gasteiger partial charge on any atom is 0.253 e. The van der Waals surface area contributed by atoms with Crippen molar-refractivity contribution in [1.29, 1.82) is 0 Å². The Bertz CT molecular complexity index is 764. The Morgan fingerprint density at radius 1 is 1.16 bits per heavy atom. The molecule has 2 N–H and O–H groups in total. The maximum absolute atomic E-state index is 12.0. The van der Waals surface area contributed by atoms with Crippen LogP contribution in [0.1, 0.15) is 41.6 Å². The summed E-state index contributed by atoms with van der Waals surface area (Å²) in [5.74, 6) is 0.832. The van der Waals surface area contributed by atoms with E-state index < -0.39 is 0 Å². The summed E-state index contributed by atoms with van der Waals surface area (Å²) in [5, 5.41) is 2.84. The SMILES string of the molecule is COc1ccc(CCCCC(=O)NCc2c(C)cc(C)[nH]c2=O)cc1. The van der Waals surface area contributed by atoms with Gasteiger partial charge in [0, 0.05) is 24.2 Å². The third kappa shape index (κ3) is 5.78. The number of aryl methyl sites for hydroxylation is 3. The molecule has 1 aromatic carbocycles. The topological polar surface area (TPSA) is 71.2 Å². The molecule has 0 saturated heterocycles. The lowest BCUT2D eigenvalue weighted by Gasteiger charge is -2.08.